The normalized spacial score (nSPS) is 16.3. The highest BCUT2D eigenvalue weighted by Gasteiger charge is 2.52. The van der Waals surface area contributed by atoms with Gasteiger partial charge in [0.2, 0.25) is 11.8 Å². The number of phosphoric ester groups is 1. The van der Waals surface area contributed by atoms with Crippen LogP contribution in [0.5, 0.6) is 5.75 Å². The van der Waals surface area contributed by atoms with Crippen molar-refractivity contribution in [1.29, 1.82) is 0 Å². The van der Waals surface area contributed by atoms with Crippen LogP contribution in [0.15, 0.2) is 24.3 Å². The van der Waals surface area contributed by atoms with Gasteiger partial charge in [-0.2, -0.15) is 0 Å². The van der Waals surface area contributed by atoms with Crippen molar-refractivity contribution in [1.82, 2.24) is 5.32 Å². The fourth-order valence-electron chi connectivity index (χ4n) is 16.4. The fraction of sp³-hybridized carbons (Fsp3) is 0.878. The number of carbonyl (C=O) groups excluding carboxylic acids is 6. The third-order valence-electron chi connectivity index (χ3n) is 23.7. The third kappa shape index (κ3) is 62.6. The topological polar surface area (TPSA) is 280 Å². The molecule has 1 heterocycles. The van der Waals surface area contributed by atoms with Gasteiger partial charge in [0.05, 0.1) is 32.5 Å². The number of benzene rings is 1. The molecule has 5 N–H and O–H groups in total. The van der Waals surface area contributed by atoms with E-state index in [0.29, 0.717) is 57.1 Å². The van der Waals surface area contributed by atoms with Crippen LogP contribution in [0.4, 0.5) is 5.69 Å². The molecule has 0 saturated carbocycles. The zero-order valence-electron chi connectivity index (χ0n) is 76.7. The monoisotopic (exact) mass is 1700 g/mol. The van der Waals surface area contributed by atoms with Gasteiger partial charge in [-0.1, -0.05) is 394 Å². The van der Waals surface area contributed by atoms with Gasteiger partial charge < -0.3 is 58.6 Å². The van der Waals surface area contributed by atoms with Crippen molar-refractivity contribution in [2.45, 2.75) is 534 Å². The first-order valence-electron chi connectivity index (χ1n) is 49.7. The predicted octanol–water partition coefficient (Wildman–Crippen LogP) is 26.1. The number of amides is 2. The van der Waals surface area contributed by atoms with Crippen molar-refractivity contribution in [2.24, 2.45) is 0 Å². The molecule has 1 aliphatic rings. The van der Waals surface area contributed by atoms with Crippen molar-refractivity contribution < 1.29 is 86.3 Å². The minimum Gasteiger partial charge on any atom is -0.508 e. The molecule has 0 aromatic heterocycles. The number of hydrogen-bond acceptors (Lipinski definition) is 16. The van der Waals surface area contributed by atoms with E-state index in [4.69, 9.17) is 32.9 Å². The molecule has 2 unspecified atom stereocenters. The first kappa shape index (κ1) is 111. The van der Waals surface area contributed by atoms with Gasteiger partial charge >= 0.3 is 31.7 Å². The fourth-order valence-corrected chi connectivity index (χ4v) is 17.0. The zero-order valence-corrected chi connectivity index (χ0v) is 77.6. The van der Waals surface area contributed by atoms with Crippen molar-refractivity contribution in [3.8, 4) is 5.75 Å². The van der Waals surface area contributed by atoms with E-state index >= 15 is 9.59 Å². The number of carbonyl (C=O) groups is 6. The van der Waals surface area contributed by atoms with Crippen molar-refractivity contribution in [2.75, 3.05) is 24.7 Å². The zero-order chi connectivity index (χ0) is 86.7. The van der Waals surface area contributed by atoms with E-state index in [1.807, 2.05) is 0 Å². The highest BCUT2D eigenvalue weighted by atomic mass is 31.2. The Morgan fingerprint density at radius 1 is 0.412 bits per heavy atom. The average Bonchev–Trinajstić information content (AvgIpc) is 0.778. The van der Waals surface area contributed by atoms with Crippen LogP contribution < -0.4 is 10.2 Å². The number of phenols is 1. The van der Waals surface area contributed by atoms with Crippen LogP contribution in [0.2, 0.25) is 0 Å². The number of anilines is 1. The number of esters is 4. The lowest BCUT2D eigenvalue weighted by molar-refractivity contribution is -0.270. The molecule has 1 saturated heterocycles. The SMILES string of the molecule is CCCCCCCCCCCCCC(=O)O[C@H](CCCCCCCCCCC)CC(=O)NC1[C@H](OCCN(C(=O)C[C@@H](CCCCCCCCCCC)OC(=O)CCCCCCCCCCCCC)c2cccc(O)c2)OC(CO)[C@@H](OP(=O)(O)O)[C@@H]1OC(=O)C[C@@H](CCCCCCCCCCC)OC(=O)CCCCCCCCCCCCC. The molecular formula is C98H179N2O18P. The number of hydrogen-bond donors (Lipinski definition) is 5. The van der Waals surface area contributed by atoms with E-state index in [1.165, 1.54) is 190 Å². The lowest BCUT2D eigenvalue weighted by Crippen LogP contribution is -2.66. The number of aromatic hydroxyl groups is 1. The van der Waals surface area contributed by atoms with Crippen LogP contribution in [0.3, 0.4) is 0 Å². The molecule has 21 heteroatoms. The first-order chi connectivity index (χ1) is 57.9. The maximum absolute atomic E-state index is 15.1. The van der Waals surface area contributed by atoms with Crippen molar-refractivity contribution in [3.05, 3.63) is 24.3 Å². The molecule has 1 aliphatic heterocycles. The highest BCUT2D eigenvalue weighted by molar-refractivity contribution is 7.46. The summed E-state index contributed by atoms with van der Waals surface area (Å²) in [6, 6.07) is 4.51. The number of phenolic OH excluding ortho intramolecular Hbond substituents is 1. The van der Waals surface area contributed by atoms with E-state index in [1.54, 1.807) is 12.1 Å². The maximum atomic E-state index is 15.1. The Balaban J connectivity index is 2.71. The van der Waals surface area contributed by atoms with Gasteiger partial charge in [-0.3, -0.25) is 33.3 Å². The van der Waals surface area contributed by atoms with E-state index in [-0.39, 0.29) is 57.0 Å². The quantitative estimate of drug-likeness (QED) is 0.0175. The van der Waals surface area contributed by atoms with Crippen LogP contribution in [-0.2, 0) is 66.3 Å². The van der Waals surface area contributed by atoms with Crippen molar-refractivity contribution >= 4 is 49.2 Å². The number of nitrogens with one attached hydrogen (secondary N) is 1. The Morgan fingerprint density at radius 3 is 1.04 bits per heavy atom. The molecule has 119 heavy (non-hydrogen) atoms. The number of nitrogens with zero attached hydrogens (tertiary/aromatic N) is 1. The van der Waals surface area contributed by atoms with Gasteiger partial charge in [0.15, 0.2) is 12.4 Å². The van der Waals surface area contributed by atoms with Gasteiger partial charge in [0, 0.05) is 37.6 Å². The number of rotatable bonds is 85. The van der Waals surface area contributed by atoms with Gasteiger partial charge in [-0.05, 0) is 69.9 Å². The summed E-state index contributed by atoms with van der Waals surface area (Å²) in [5, 5.41) is 25.1. The maximum Gasteiger partial charge on any atom is 0.470 e. The molecule has 0 radical (unpaired) electrons. The second kappa shape index (κ2) is 77.4. The van der Waals surface area contributed by atoms with Gasteiger partial charge in [0.25, 0.3) is 0 Å². The predicted molar refractivity (Wildman–Crippen MR) is 483 cm³/mol. The summed E-state index contributed by atoms with van der Waals surface area (Å²) in [7, 11) is -5.54. The van der Waals surface area contributed by atoms with Crippen LogP contribution in [0, 0.1) is 0 Å². The van der Waals surface area contributed by atoms with Crippen LogP contribution in [-0.4, -0.2) is 124 Å². The van der Waals surface area contributed by atoms with E-state index in [2.05, 4.69) is 46.9 Å². The van der Waals surface area contributed by atoms with Crippen LogP contribution in [0.1, 0.15) is 485 Å². The van der Waals surface area contributed by atoms with E-state index in [0.717, 1.165) is 180 Å². The van der Waals surface area contributed by atoms with E-state index < -0.39 is 99.5 Å². The molecule has 0 spiro atoms. The minimum absolute atomic E-state index is 0.124. The summed E-state index contributed by atoms with van der Waals surface area (Å²) in [4.78, 5) is 109. The molecule has 1 aromatic carbocycles. The highest BCUT2D eigenvalue weighted by Crippen LogP contribution is 2.43. The molecule has 2 amide bonds. The molecule has 1 aromatic rings. The second-order valence-electron chi connectivity index (χ2n) is 34.9. The largest absolute Gasteiger partial charge is 0.508 e. The summed E-state index contributed by atoms with van der Waals surface area (Å²) < 4.78 is 56.7. The van der Waals surface area contributed by atoms with Crippen LogP contribution in [0.25, 0.3) is 0 Å². The molecule has 0 aliphatic carbocycles. The Kier molecular flexibility index (Phi) is 72.1. The summed E-state index contributed by atoms with van der Waals surface area (Å²) in [5.41, 5.74) is 0.296. The molecule has 694 valence electrons. The Bertz CT molecular complexity index is 2650. The average molecular weight is 1700 g/mol. The second-order valence-corrected chi connectivity index (χ2v) is 36.1. The smallest absolute Gasteiger partial charge is 0.470 e. The molecule has 1 fully saturated rings. The molecule has 8 atom stereocenters. The number of aliphatic hydroxyl groups excluding tert-OH is 1. The lowest BCUT2D eigenvalue weighted by atomic mass is 9.96. The Morgan fingerprint density at radius 2 is 0.723 bits per heavy atom. The lowest BCUT2D eigenvalue weighted by Gasteiger charge is -2.45. The molecule has 2 rings (SSSR count). The molecule has 20 nitrogen and oxygen atoms in total. The first-order valence-corrected chi connectivity index (χ1v) is 51.2. The van der Waals surface area contributed by atoms with Gasteiger partial charge in [-0.15, -0.1) is 0 Å². The minimum atomic E-state index is -5.54. The number of ether oxygens (including phenoxy) is 6. The number of unbranched alkanes of at least 4 members (excludes halogenated alkanes) is 54. The Hall–Kier alpha value is -4.17. The third-order valence-corrected chi connectivity index (χ3v) is 24.2. The standard InChI is InChI=1S/C98H179N2O18P/c1-7-13-19-25-31-37-40-46-52-58-64-73-91(105)113-85(70-61-55-49-43-34-28-22-16-10-4)79-89(103)99-95-97(117-94(108)81-87(72-63-57-51-45-36-30-24-18-12-6)115-93(107)75-66-60-54-48-42-39-33-27-21-15-9-3)96(118-119(109,110)111)88(82-101)116-98(95)112-77-76-100(83-68-67-69-84(102)78-83)90(104)80-86(71-62-56-50-44-35-29-23-17-11-5)114-92(106)74-65-59-53-47-41-38-32-26-20-14-8-2/h67-69,78,85-88,95-98,101-102H,7-66,70-77,79-82H2,1-6H3,(H,99,103)(H2,109,110,111)/t85-,86-,87-,88?,95?,96-,97-,98-/m1/s1. The molecule has 0 bridgehead atoms. The van der Waals surface area contributed by atoms with E-state index in [9.17, 15) is 43.7 Å². The van der Waals surface area contributed by atoms with Gasteiger partial charge in [-0.25, -0.2) is 4.57 Å². The Labute approximate surface area is 725 Å². The number of aliphatic hydroxyl groups is 1. The van der Waals surface area contributed by atoms with Gasteiger partial charge in [0.1, 0.15) is 42.3 Å². The summed E-state index contributed by atoms with van der Waals surface area (Å²) >= 11 is 0. The summed E-state index contributed by atoms with van der Waals surface area (Å²) in [6.45, 7) is 11.7. The van der Waals surface area contributed by atoms with Crippen LogP contribution >= 0.6 is 7.82 Å². The molecular weight excluding hydrogens is 1520 g/mol. The summed E-state index contributed by atoms with van der Waals surface area (Å²) in [5.74, 6) is -3.48. The number of phosphoric acid groups is 1. The van der Waals surface area contributed by atoms with Crippen molar-refractivity contribution in [3.63, 3.8) is 0 Å². The summed E-state index contributed by atoms with van der Waals surface area (Å²) in [6.07, 6.45) is 56.1.